The zero-order valence-electron chi connectivity index (χ0n) is 16.8. The maximum atomic E-state index is 12.8. The van der Waals surface area contributed by atoms with Gasteiger partial charge in [0.15, 0.2) is 6.61 Å². The van der Waals surface area contributed by atoms with E-state index in [1.807, 2.05) is 25.1 Å². The minimum absolute atomic E-state index is 0.0153. The fourth-order valence-electron chi connectivity index (χ4n) is 3.38. The lowest BCUT2D eigenvalue weighted by Gasteiger charge is -2.25. The molecule has 0 spiro atoms. The topological polar surface area (TPSA) is 79.7 Å². The van der Waals surface area contributed by atoms with E-state index in [4.69, 9.17) is 4.74 Å². The number of nitrogens with one attached hydrogen (secondary N) is 1. The Hall–Kier alpha value is -3.03. The standard InChI is InChI=1S/C20H27N5O3/c1-14-17(12-24(4)22-14)18-6-5-11-25(18)20(27)21-15-7-9-16(10-8-15)28-13-19(26)23(2)3/h7-10,12,18H,5-6,11,13H2,1-4H3,(H,21,27). The minimum Gasteiger partial charge on any atom is -0.484 e. The summed E-state index contributed by atoms with van der Waals surface area (Å²) in [5, 5.41) is 7.35. The Kier molecular flexibility index (Phi) is 5.87. The summed E-state index contributed by atoms with van der Waals surface area (Å²) in [5.74, 6) is 0.474. The average molecular weight is 385 g/mol. The average Bonchev–Trinajstić information content (AvgIpc) is 3.26. The first kappa shape index (κ1) is 19.7. The number of aryl methyl sites for hydroxylation is 2. The maximum absolute atomic E-state index is 12.8. The van der Waals surface area contributed by atoms with E-state index in [1.54, 1.807) is 43.0 Å². The zero-order valence-corrected chi connectivity index (χ0v) is 16.8. The summed E-state index contributed by atoms with van der Waals surface area (Å²) in [5.41, 5.74) is 2.75. The van der Waals surface area contributed by atoms with Gasteiger partial charge in [0.1, 0.15) is 5.75 Å². The number of carbonyl (C=O) groups is 2. The van der Waals surface area contributed by atoms with Crippen LogP contribution >= 0.6 is 0 Å². The van der Waals surface area contributed by atoms with Gasteiger partial charge >= 0.3 is 6.03 Å². The predicted octanol–water partition coefficient (Wildman–Crippen LogP) is 2.56. The highest BCUT2D eigenvalue weighted by atomic mass is 16.5. The molecule has 0 bridgehead atoms. The van der Waals surface area contributed by atoms with Crippen LogP contribution in [0.3, 0.4) is 0 Å². The van der Waals surface area contributed by atoms with Gasteiger partial charge in [-0.1, -0.05) is 0 Å². The number of aromatic nitrogens is 2. The van der Waals surface area contributed by atoms with Crippen LogP contribution in [0.15, 0.2) is 30.5 Å². The van der Waals surface area contributed by atoms with Crippen LogP contribution in [0.25, 0.3) is 0 Å². The van der Waals surface area contributed by atoms with Crippen molar-refractivity contribution in [1.29, 1.82) is 0 Å². The fraction of sp³-hybridized carbons (Fsp3) is 0.450. The van der Waals surface area contributed by atoms with Gasteiger partial charge in [0.25, 0.3) is 5.91 Å². The molecule has 0 radical (unpaired) electrons. The molecule has 2 aromatic rings. The van der Waals surface area contributed by atoms with Gasteiger partial charge in [0.2, 0.25) is 0 Å². The molecule has 8 heteroatoms. The number of rotatable bonds is 5. The third kappa shape index (κ3) is 4.44. The summed E-state index contributed by atoms with van der Waals surface area (Å²) in [4.78, 5) is 27.7. The first-order valence-corrected chi connectivity index (χ1v) is 9.36. The van der Waals surface area contributed by atoms with Gasteiger partial charge in [-0.15, -0.1) is 0 Å². The lowest BCUT2D eigenvalue weighted by atomic mass is 10.1. The lowest BCUT2D eigenvalue weighted by molar-refractivity contribution is -0.130. The van der Waals surface area contributed by atoms with Crippen molar-refractivity contribution in [1.82, 2.24) is 19.6 Å². The molecule has 1 fully saturated rings. The van der Waals surface area contributed by atoms with E-state index >= 15 is 0 Å². The van der Waals surface area contributed by atoms with E-state index in [0.29, 0.717) is 11.4 Å². The first-order chi connectivity index (χ1) is 13.3. The molecule has 0 aliphatic carbocycles. The number of benzene rings is 1. The second-order valence-electron chi connectivity index (χ2n) is 7.23. The van der Waals surface area contributed by atoms with Crippen molar-refractivity contribution >= 4 is 17.6 Å². The molecule has 1 N–H and O–H groups in total. The van der Waals surface area contributed by atoms with E-state index in [-0.39, 0.29) is 24.6 Å². The number of urea groups is 1. The highest BCUT2D eigenvalue weighted by molar-refractivity contribution is 5.90. The number of nitrogens with zero attached hydrogens (tertiary/aromatic N) is 4. The van der Waals surface area contributed by atoms with Gasteiger partial charge in [0, 0.05) is 45.1 Å². The van der Waals surface area contributed by atoms with Gasteiger partial charge < -0.3 is 19.9 Å². The molecule has 3 amide bonds. The van der Waals surface area contributed by atoms with Crippen molar-refractivity contribution in [2.45, 2.75) is 25.8 Å². The highest BCUT2D eigenvalue weighted by Crippen LogP contribution is 2.33. The Balaban J connectivity index is 1.61. The number of likely N-dealkylation sites (N-methyl/N-ethyl adjacent to an activating group) is 1. The third-order valence-corrected chi connectivity index (χ3v) is 4.89. The van der Waals surface area contributed by atoms with Crippen molar-refractivity contribution in [3.8, 4) is 5.75 Å². The molecule has 1 aliphatic rings. The Labute approximate surface area is 165 Å². The smallest absolute Gasteiger partial charge is 0.322 e. The minimum atomic E-state index is -0.123. The number of amides is 3. The monoisotopic (exact) mass is 385 g/mol. The molecule has 2 heterocycles. The molecule has 1 atom stereocenters. The predicted molar refractivity (Wildman–Crippen MR) is 106 cm³/mol. The van der Waals surface area contributed by atoms with Crippen LogP contribution in [-0.4, -0.2) is 58.8 Å². The van der Waals surface area contributed by atoms with Crippen LogP contribution in [0.4, 0.5) is 10.5 Å². The Morgan fingerprint density at radius 1 is 1.29 bits per heavy atom. The van der Waals surface area contributed by atoms with Crippen LogP contribution in [-0.2, 0) is 11.8 Å². The second kappa shape index (κ2) is 8.33. The van der Waals surface area contributed by atoms with Crippen LogP contribution in [0.2, 0.25) is 0 Å². The summed E-state index contributed by atoms with van der Waals surface area (Å²) in [6.07, 6.45) is 3.90. The van der Waals surface area contributed by atoms with Crippen molar-refractivity contribution in [2.75, 3.05) is 32.6 Å². The van der Waals surface area contributed by atoms with Crippen molar-refractivity contribution in [3.63, 3.8) is 0 Å². The molecule has 1 aromatic heterocycles. The maximum Gasteiger partial charge on any atom is 0.322 e. The molecule has 1 unspecified atom stereocenters. The highest BCUT2D eigenvalue weighted by Gasteiger charge is 2.32. The van der Waals surface area contributed by atoms with Crippen LogP contribution in [0, 0.1) is 6.92 Å². The van der Waals surface area contributed by atoms with Gasteiger partial charge in [-0.2, -0.15) is 5.10 Å². The lowest BCUT2D eigenvalue weighted by Crippen LogP contribution is -2.34. The van der Waals surface area contributed by atoms with E-state index < -0.39 is 0 Å². The van der Waals surface area contributed by atoms with Crippen LogP contribution in [0.1, 0.15) is 30.1 Å². The van der Waals surface area contributed by atoms with Crippen LogP contribution < -0.4 is 10.1 Å². The third-order valence-electron chi connectivity index (χ3n) is 4.89. The van der Waals surface area contributed by atoms with E-state index in [0.717, 1.165) is 30.6 Å². The van der Waals surface area contributed by atoms with Crippen LogP contribution in [0.5, 0.6) is 5.75 Å². The largest absolute Gasteiger partial charge is 0.484 e. The molecule has 1 saturated heterocycles. The molecule has 8 nitrogen and oxygen atoms in total. The summed E-state index contributed by atoms with van der Waals surface area (Å²) in [6, 6.07) is 6.95. The Morgan fingerprint density at radius 3 is 2.61 bits per heavy atom. The van der Waals surface area contributed by atoms with Gasteiger partial charge in [-0.3, -0.25) is 9.48 Å². The summed E-state index contributed by atoms with van der Waals surface area (Å²) < 4.78 is 7.25. The number of likely N-dealkylation sites (tertiary alicyclic amines) is 1. The second-order valence-corrected chi connectivity index (χ2v) is 7.23. The number of hydrogen-bond donors (Lipinski definition) is 1. The molecular formula is C20H27N5O3. The molecular weight excluding hydrogens is 358 g/mol. The molecule has 28 heavy (non-hydrogen) atoms. The molecule has 0 saturated carbocycles. The number of anilines is 1. The quantitative estimate of drug-likeness (QED) is 0.858. The van der Waals surface area contributed by atoms with Gasteiger partial charge in [0.05, 0.1) is 11.7 Å². The zero-order chi connectivity index (χ0) is 20.3. The number of hydrogen-bond acceptors (Lipinski definition) is 4. The molecule has 1 aromatic carbocycles. The van der Waals surface area contributed by atoms with Gasteiger partial charge in [-0.05, 0) is 44.0 Å². The Morgan fingerprint density at radius 2 is 2.00 bits per heavy atom. The summed E-state index contributed by atoms with van der Waals surface area (Å²) in [7, 11) is 5.26. The number of carbonyl (C=O) groups excluding carboxylic acids is 2. The van der Waals surface area contributed by atoms with Crippen molar-refractivity contribution in [2.24, 2.45) is 7.05 Å². The van der Waals surface area contributed by atoms with Crippen molar-refractivity contribution < 1.29 is 14.3 Å². The number of ether oxygens (including phenoxy) is 1. The molecule has 3 rings (SSSR count). The molecule has 150 valence electrons. The fourth-order valence-corrected chi connectivity index (χ4v) is 3.38. The summed E-state index contributed by atoms with van der Waals surface area (Å²) in [6.45, 7) is 2.68. The first-order valence-electron chi connectivity index (χ1n) is 9.36. The van der Waals surface area contributed by atoms with E-state index in [2.05, 4.69) is 10.4 Å². The van der Waals surface area contributed by atoms with Gasteiger partial charge in [-0.25, -0.2) is 4.79 Å². The molecule has 1 aliphatic heterocycles. The summed E-state index contributed by atoms with van der Waals surface area (Å²) >= 11 is 0. The van der Waals surface area contributed by atoms with Crippen molar-refractivity contribution in [3.05, 3.63) is 41.7 Å². The normalized spacial score (nSPS) is 16.1. The van der Waals surface area contributed by atoms with E-state index in [1.165, 1.54) is 4.90 Å². The van der Waals surface area contributed by atoms with E-state index in [9.17, 15) is 9.59 Å². The Bertz CT molecular complexity index is 844. The SMILES string of the molecule is Cc1nn(C)cc1C1CCCN1C(=O)Nc1ccc(OCC(=O)N(C)C)cc1.